The highest BCUT2D eigenvalue weighted by atomic mass is 19.1. The average molecular weight is 337 g/mol. The van der Waals surface area contributed by atoms with Gasteiger partial charge in [-0.3, -0.25) is 0 Å². The molecule has 24 heavy (non-hydrogen) atoms. The minimum absolute atomic E-state index is 0.0408. The Morgan fingerprint density at radius 2 is 2.25 bits per heavy atom. The van der Waals surface area contributed by atoms with Crippen LogP contribution in [0.2, 0.25) is 0 Å². The molecule has 6 heteroatoms. The summed E-state index contributed by atoms with van der Waals surface area (Å²) >= 11 is 0. The third-order valence-electron chi connectivity index (χ3n) is 4.46. The topological polar surface area (TPSA) is 65.9 Å². The van der Waals surface area contributed by atoms with Crippen LogP contribution in [-0.2, 0) is 11.3 Å². The summed E-state index contributed by atoms with van der Waals surface area (Å²) in [6.45, 7) is 7.15. The highest BCUT2D eigenvalue weighted by Gasteiger charge is 2.34. The highest BCUT2D eigenvalue weighted by Crippen LogP contribution is 2.31. The summed E-state index contributed by atoms with van der Waals surface area (Å²) in [6, 6.07) is 5.19. The maximum absolute atomic E-state index is 13.6. The zero-order chi connectivity index (χ0) is 17.4. The van der Waals surface area contributed by atoms with E-state index in [9.17, 15) is 9.50 Å². The molecule has 1 saturated heterocycles. The third-order valence-corrected chi connectivity index (χ3v) is 4.46. The Morgan fingerprint density at radius 1 is 1.42 bits per heavy atom. The molecule has 3 N–H and O–H groups in total. The maximum atomic E-state index is 13.6. The van der Waals surface area contributed by atoms with E-state index in [0.29, 0.717) is 37.6 Å². The van der Waals surface area contributed by atoms with E-state index in [1.165, 1.54) is 6.07 Å². The molecule has 1 aromatic carbocycles. The number of benzene rings is 1. The lowest BCUT2D eigenvalue weighted by Crippen LogP contribution is -2.44. The van der Waals surface area contributed by atoms with Crippen LogP contribution >= 0.6 is 0 Å². The van der Waals surface area contributed by atoms with E-state index >= 15 is 0 Å². The number of aliphatic imine (C=N–C) groups is 1. The number of aliphatic hydroxyl groups is 1. The van der Waals surface area contributed by atoms with Gasteiger partial charge >= 0.3 is 0 Å². The van der Waals surface area contributed by atoms with Crippen molar-refractivity contribution in [2.75, 3.05) is 32.9 Å². The van der Waals surface area contributed by atoms with Crippen LogP contribution in [0.25, 0.3) is 0 Å². The van der Waals surface area contributed by atoms with E-state index in [1.54, 1.807) is 13.0 Å². The number of nitrogens with zero attached hydrogens (tertiary/aromatic N) is 1. The van der Waals surface area contributed by atoms with Crippen LogP contribution in [-0.4, -0.2) is 44.0 Å². The zero-order valence-electron chi connectivity index (χ0n) is 14.6. The van der Waals surface area contributed by atoms with Gasteiger partial charge in [0.05, 0.1) is 13.2 Å². The molecule has 0 saturated carbocycles. The van der Waals surface area contributed by atoms with Crippen LogP contribution in [0.3, 0.4) is 0 Å². The number of ether oxygens (including phenoxy) is 1. The largest absolute Gasteiger partial charge is 0.396 e. The first-order valence-electron chi connectivity index (χ1n) is 8.54. The van der Waals surface area contributed by atoms with Crippen molar-refractivity contribution >= 4 is 5.96 Å². The Labute approximate surface area is 143 Å². The Bertz CT molecular complexity index is 557. The van der Waals surface area contributed by atoms with Crippen LogP contribution in [0.15, 0.2) is 23.2 Å². The first-order chi connectivity index (χ1) is 11.6. The number of hydrogen-bond acceptors (Lipinski definition) is 3. The lowest BCUT2D eigenvalue weighted by molar-refractivity contribution is 0.127. The molecular weight excluding hydrogens is 309 g/mol. The van der Waals surface area contributed by atoms with Crippen LogP contribution in [0.4, 0.5) is 4.39 Å². The van der Waals surface area contributed by atoms with Gasteiger partial charge in [-0.05, 0) is 43.9 Å². The van der Waals surface area contributed by atoms with Gasteiger partial charge in [-0.15, -0.1) is 0 Å². The van der Waals surface area contributed by atoms with Crippen molar-refractivity contribution in [2.45, 2.75) is 33.2 Å². The van der Waals surface area contributed by atoms with Gasteiger partial charge in [0, 0.05) is 31.7 Å². The fourth-order valence-corrected chi connectivity index (χ4v) is 2.83. The van der Waals surface area contributed by atoms with Gasteiger partial charge in [0.15, 0.2) is 5.96 Å². The third kappa shape index (κ3) is 5.18. The van der Waals surface area contributed by atoms with E-state index < -0.39 is 0 Å². The zero-order valence-corrected chi connectivity index (χ0v) is 14.6. The lowest BCUT2D eigenvalue weighted by atomic mass is 9.84. The molecule has 1 aliphatic rings. The quantitative estimate of drug-likeness (QED) is 0.526. The van der Waals surface area contributed by atoms with Crippen molar-refractivity contribution in [3.05, 3.63) is 35.1 Å². The minimum atomic E-state index is -0.203. The SMILES string of the molecule is CCNC(=NCc1ccc(C)c(F)c1)NCC1(CCO)CCOC1. The fourth-order valence-electron chi connectivity index (χ4n) is 2.83. The molecule has 0 radical (unpaired) electrons. The number of hydrogen-bond donors (Lipinski definition) is 3. The number of aliphatic hydroxyl groups excluding tert-OH is 1. The molecule has 0 aliphatic carbocycles. The summed E-state index contributed by atoms with van der Waals surface area (Å²) in [5.41, 5.74) is 1.44. The standard InChI is InChI=1S/C18H28FN3O2/c1-3-20-17(21-11-15-5-4-14(2)16(19)10-15)22-12-18(6-8-23)7-9-24-13-18/h4-5,10,23H,3,6-9,11-13H2,1-2H3,(H2,20,21,22). The molecule has 0 bridgehead atoms. The van der Waals surface area contributed by atoms with Crippen LogP contribution in [0.1, 0.15) is 30.9 Å². The average Bonchev–Trinajstić information content (AvgIpc) is 3.02. The summed E-state index contributed by atoms with van der Waals surface area (Å²) in [6.07, 6.45) is 1.64. The summed E-state index contributed by atoms with van der Waals surface area (Å²) < 4.78 is 19.1. The van der Waals surface area contributed by atoms with Gasteiger partial charge in [-0.1, -0.05) is 12.1 Å². The molecule has 1 atom stereocenters. The molecule has 134 valence electrons. The highest BCUT2D eigenvalue weighted by molar-refractivity contribution is 5.79. The van der Waals surface area contributed by atoms with Crippen molar-refractivity contribution < 1.29 is 14.2 Å². The van der Waals surface area contributed by atoms with Crippen molar-refractivity contribution in [1.29, 1.82) is 0 Å². The molecule has 0 aromatic heterocycles. The van der Waals surface area contributed by atoms with Crippen molar-refractivity contribution in [3.8, 4) is 0 Å². The van der Waals surface area contributed by atoms with E-state index in [4.69, 9.17) is 4.74 Å². The van der Waals surface area contributed by atoms with Gasteiger partial charge in [-0.2, -0.15) is 0 Å². The lowest BCUT2D eigenvalue weighted by Gasteiger charge is -2.27. The number of guanidine groups is 1. The first-order valence-corrected chi connectivity index (χ1v) is 8.54. The summed E-state index contributed by atoms with van der Waals surface area (Å²) in [5.74, 6) is 0.494. The van der Waals surface area contributed by atoms with E-state index in [2.05, 4.69) is 15.6 Å². The molecule has 1 aliphatic heterocycles. The number of halogens is 1. The second-order valence-electron chi connectivity index (χ2n) is 6.41. The number of nitrogens with one attached hydrogen (secondary N) is 2. The Hall–Kier alpha value is -1.66. The first kappa shape index (κ1) is 18.7. The summed E-state index contributed by atoms with van der Waals surface area (Å²) in [5, 5.41) is 15.8. The van der Waals surface area contributed by atoms with E-state index in [1.807, 2.05) is 13.0 Å². The molecule has 1 fully saturated rings. The number of rotatable bonds is 7. The maximum Gasteiger partial charge on any atom is 0.191 e. The molecule has 0 spiro atoms. The van der Waals surface area contributed by atoms with E-state index in [0.717, 1.165) is 25.1 Å². The van der Waals surface area contributed by atoms with Crippen LogP contribution in [0.5, 0.6) is 0 Å². The van der Waals surface area contributed by atoms with Gasteiger partial charge in [0.1, 0.15) is 5.82 Å². The molecule has 1 aromatic rings. The molecule has 5 nitrogen and oxygen atoms in total. The Morgan fingerprint density at radius 3 is 2.88 bits per heavy atom. The van der Waals surface area contributed by atoms with Crippen molar-refractivity contribution in [3.63, 3.8) is 0 Å². The summed E-state index contributed by atoms with van der Waals surface area (Å²) in [4.78, 5) is 4.53. The molecule has 1 unspecified atom stereocenters. The second-order valence-corrected chi connectivity index (χ2v) is 6.41. The molecule has 2 rings (SSSR count). The second kappa shape index (κ2) is 8.99. The predicted octanol–water partition coefficient (Wildman–Crippen LogP) is 1.98. The van der Waals surface area contributed by atoms with Gasteiger partial charge in [0.2, 0.25) is 0 Å². The number of aryl methyl sites for hydroxylation is 1. The molecule has 0 amide bonds. The summed E-state index contributed by atoms with van der Waals surface area (Å²) in [7, 11) is 0. The van der Waals surface area contributed by atoms with Crippen molar-refractivity contribution in [2.24, 2.45) is 10.4 Å². The van der Waals surface area contributed by atoms with Crippen LogP contribution < -0.4 is 10.6 Å². The fraction of sp³-hybridized carbons (Fsp3) is 0.611. The smallest absolute Gasteiger partial charge is 0.191 e. The minimum Gasteiger partial charge on any atom is -0.396 e. The predicted molar refractivity (Wildman–Crippen MR) is 93.5 cm³/mol. The van der Waals surface area contributed by atoms with Gasteiger partial charge in [0.25, 0.3) is 0 Å². The van der Waals surface area contributed by atoms with Crippen LogP contribution in [0, 0.1) is 18.2 Å². The van der Waals surface area contributed by atoms with Crippen molar-refractivity contribution in [1.82, 2.24) is 10.6 Å². The van der Waals surface area contributed by atoms with E-state index in [-0.39, 0.29) is 17.8 Å². The van der Waals surface area contributed by atoms with Gasteiger partial charge < -0.3 is 20.5 Å². The Balaban J connectivity index is 1.98. The van der Waals surface area contributed by atoms with Gasteiger partial charge in [-0.25, -0.2) is 9.38 Å². The normalized spacial score (nSPS) is 21.1. The monoisotopic (exact) mass is 337 g/mol. The molecular formula is C18H28FN3O2. The Kier molecular flexibility index (Phi) is 6.99. The molecule has 1 heterocycles.